The van der Waals surface area contributed by atoms with Crippen molar-refractivity contribution in [2.45, 2.75) is 24.8 Å². The number of rotatable bonds is 4. The summed E-state index contributed by atoms with van der Waals surface area (Å²) in [6, 6.07) is 14.2. The van der Waals surface area contributed by atoms with Crippen molar-refractivity contribution in [1.29, 1.82) is 0 Å². The monoisotopic (exact) mass is 336 g/mol. The van der Waals surface area contributed by atoms with Gasteiger partial charge in [-0.3, -0.25) is 0 Å². The Morgan fingerprint density at radius 2 is 1.79 bits per heavy atom. The molecule has 0 radical (unpaired) electrons. The summed E-state index contributed by atoms with van der Waals surface area (Å²) in [6.07, 6.45) is 0. The first-order chi connectivity index (χ1) is 11.7. The number of hydrogen-bond donors (Lipinski definition) is 1. The third-order valence-electron chi connectivity index (χ3n) is 3.73. The van der Waals surface area contributed by atoms with E-state index in [1.54, 1.807) is 11.8 Å². The molecule has 0 spiro atoms. The SMILES string of the molecule is Cc1ccc(-c2noc(CSc3nc4ccc(C)cc4[nH]3)n2)cc1. The van der Waals surface area contributed by atoms with Crippen LogP contribution in [0.25, 0.3) is 22.4 Å². The Morgan fingerprint density at radius 1 is 1.00 bits per heavy atom. The van der Waals surface area contributed by atoms with Crippen molar-refractivity contribution in [1.82, 2.24) is 20.1 Å². The van der Waals surface area contributed by atoms with Crippen LogP contribution < -0.4 is 0 Å². The zero-order chi connectivity index (χ0) is 16.5. The van der Waals surface area contributed by atoms with Crippen LogP contribution in [-0.4, -0.2) is 20.1 Å². The van der Waals surface area contributed by atoms with Crippen molar-refractivity contribution in [2.24, 2.45) is 0 Å². The molecule has 1 N–H and O–H groups in total. The molecule has 0 saturated carbocycles. The Morgan fingerprint density at radius 3 is 2.62 bits per heavy atom. The first-order valence-electron chi connectivity index (χ1n) is 7.66. The molecular formula is C18H16N4OS. The normalized spacial score (nSPS) is 11.2. The third kappa shape index (κ3) is 3.05. The molecule has 2 aromatic carbocycles. The van der Waals surface area contributed by atoms with E-state index in [2.05, 4.69) is 46.1 Å². The second-order valence-electron chi connectivity index (χ2n) is 5.73. The third-order valence-corrected chi connectivity index (χ3v) is 4.58. The summed E-state index contributed by atoms with van der Waals surface area (Å²) < 4.78 is 5.34. The smallest absolute Gasteiger partial charge is 0.237 e. The lowest BCUT2D eigenvalue weighted by Gasteiger charge is -1.94. The fourth-order valence-corrected chi connectivity index (χ4v) is 3.15. The van der Waals surface area contributed by atoms with E-state index in [1.165, 1.54) is 11.1 Å². The Hall–Kier alpha value is -2.60. The number of hydrogen-bond acceptors (Lipinski definition) is 5. The average Bonchev–Trinajstić information content (AvgIpc) is 3.19. The van der Waals surface area contributed by atoms with Crippen LogP contribution in [-0.2, 0) is 5.75 Å². The fraction of sp³-hybridized carbons (Fsp3) is 0.167. The number of nitrogens with one attached hydrogen (secondary N) is 1. The number of H-pyrrole nitrogens is 1. The second-order valence-corrected chi connectivity index (χ2v) is 6.69. The summed E-state index contributed by atoms with van der Waals surface area (Å²) in [4.78, 5) is 12.3. The van der Waals surface area contributed by atoms with Crippen molar-refractivity contribution >= 4 is 22.8 Å². The zero-order valence-corrected chi connectivity index (χ0v) is 14.2. The van der Waals surface area contributed by atoms with Crippen molar-refractivity contribution in [3.05, 3.63) is 59.5 Å². The van der Waals surface area contributed by atoms with E-state index in [9.17, 15) is 0 Å². The van der Waals surface area contributed by atoms with Gasteiger partial charge in [0.1, 0.15) is 0 Å². The molecular weight excluding hydrogens is 320 g/mol. The predicted molar refractivity (Wildman–Crippen MR) is 94.9 cm³/mol. The van der Waals surface area contributed by atoms with Gasteiger partial charge in [0.25, 0.3) is 0 Å². The molecule has 0 bridgehead atoms. The summed E-state index contributed by atoms with van der Waals surface area (Å²) in [7, 11) is 0. The highest BCUT2D eigenvalue weighted by molar-refractivity contribution is 7.98. The Kier molecular flexibility index (Phi) is 3.82. The Balaban J connectivity index is 1.48. The summed E-state index contributed by atoms with van der Waals surface area (Å²) in [5, 5.41) is 4.91. The van der Waals surface area contributed by atoms with Crippen molar-refractivity contribution in [3.8, 4) is 11.4 Å². The Bertz CT molecular complexity index is 988. The molecule has 0 aliphatic carbocycles. The molecule has 2 heterocycles. The largest absolute Gasteiger partial charge is 0.338 e. The summed E-state index contributed by atoms with van der Waals surface area (Å²) in [5.41, 5.74) is 5.39. The van der Waals surface area contributed by atoms with E-state index < -0.39 is 0 Å². The lowest BCUT2D eigenvalue weighted by atomic mass is 10.1. The van der Waals surface area contributed by atoms with Gasteiger partial charge in [-0.15, -0.1) is 0 Å². The molecule has 24 heavy (non-hydrogen) atoms. The van der Waals surface area contributed by atoms with E-state index in [0.29, 0.717) is 17.5 Å². The number of aromatic nitrogens is 4. The summed E-state index contributed by atoms with van der Waals surface area (Å²) in [6.45, 7) is 4.12. The van der Waals surface area contributed by atoms with Crippen molar-refractivity contribution < 1.29 is 4.52 Å². The molecule has 2 aromatic heterocycles. The van der Waals surface area contributed by atoms with Gasteiger partial charge in [0.2, 0.25) is 11.7 Å². The highest BCUT2D eigenvalue weighted by Gasteiger charge is 2.10. The number of fused-ring (bicyclic) bond motifs is 1. The molecule has 0 saturated heterocycles. The van der Waals surface area contributed by atoms with Crippen LogP contribution >= 0.6 is 11.8 Å². The minimum absolute atomic E-state index is 0.581. The molecule has 0 aliphatic rings. The molecule has 5 nitrogen and oxygen atoms in total. The number of nitrogens with zero attached hydrogens (tertiary/aromatic N) is 3. The standard InChI is InChI=1S/C18H16N4OS/c1-11-3-6-13(7-4-11)17-21-16(23-22-17)10-24-18-19-14-8-5-12(2)9-15(14)20-18/h3-9H,10H2,1-2H3,(H,19,20). The molecule has 0 aliphatic heterocycles. The highest BCUT2D eigenvalue weighted by Crippen LogP contribution is 2.24. The molecule has 0 atom stereocenters. The van der Waals surface area contributed by atoms with E-state index in [1.807, 2.05) is 30.3 Å². The van der Waals surface area contributed by atoms with Crippen molar-refractivity contribution in [3.63, 3.8) is 0 Å². The van der Waals surface area contributed by atoms with Gasteiger partial charge >= 0.3 is 0 Å². The molecule has 0 fully saturated rings. The number of aryl methyl sites for hydroxylation is 2. The topological polar surface area (TPSA) is 67.6 Å². The van der Waals surface area contributed by atoms with Gasteiger partial charge in [0, 0.05) is 5.56 Å². The number of thioether (sulfide) groups is 1. The van der Waals surface area contributed by atoms with Crippen LogP contribution in [0.15, 0.2) is 52.1 Å². The van der Waals surface area contributed by atoms with E-state index >= 15 is 0 Å². The summed E-state index contributed by atoms with van der Waals surface area (Å²) >= 11 is 1.55. The van der Waals surface area contributed by atoms with Crippen LogP contribution in [0.4, 0.5) is 0 Å². The Labute approximate surface area is 143 Å². The van der Waals surface area contributed by atoms with E-state index in [-0.39, 0.29) is 0 Å². The van der Waals surface area contributed by atoms with E-state index in [4.69, 9.17) is 4.52 Å². The maximum atomic E-state index is 5.34. The molecule has 120 valence electrons. The first kappa shape index (κ1) is 15.0. The average molecular weight is 336 g/mol. The maximum Gasteiger partial charge on any atom is 0.237 e. The second kappa shape index (κ2) is 6.13. The van der Waals surface area contributed by atoms with Gasteiger partial charge in [0.15, 0.2) is 5.16 Å². The molecule has 4 rings (SSSR count). The molecule has 0 unspecified atom stereocenters. The van der Waals surface area contributed by atoms with Crippen LogP contribution in [0.5, 0.6) is 0 Å². The minimum Gasteiger partial charge on any atom is -0.338 e. The lowest BCUT2D eigenvalue weighted by Crippen LogP contribution is -1.84. The fourth-order valence-electron chi connectivity index (χ4n) is 2.43. The van der Waals surface area contributed by atoms with Crippen LogP contribution in [0, 0.1) is 13.8 Å². The van der Waals surface area contributed by atoms with Gasteiger partial charge in [-0.05, 0) is 31.5 Å². The lowest BCUT2D eigenvalue weighted by molar-refractivity contribution is 0.391. The maximum absolute atomic E-state index is 5.34. The molecule has 4 aromatic rings. The summed E-state index contributed by atoms with van der Waals surface area (Å²) in [5.74, 6) is 1.79. The van der Waals surface area contributed by atoms with Crippen LogP contribution in [0.1, 0.15) is 17.0 Å². The van der Waals surface area contributed by atoms with Gasteiger partial charge < -0.3 is 9.51 Å². The highest BCUT2D eigenvalue weighted by atomic mass is 32.2. The predicted octanol–water partition coefficient (Wildman–Crippen LogP) is 4.52. The quantitative estimate of drug-likeness (QED) is 0.555. The molecule has 6 heteroatoms. The van der Waals surface area contributed by atoms with Gasteiger partial charge in [-0.2, -0.15) is 4.98 Å². The van der Waals surface area contributed by atoms with Gasteiger partial charge in [-0.25, -0.2) is 4.98 Å². The number of imidazole rings is 1. The van der Waals surface area contributed by atoms with Crippen LogP contribution in [0.3, 0.4) is 0 Å². The number of benzene rings is 2. The zero-order valence-electron chi connectivity index (χ0n) is 13.4. The first-order valence-corrected chi connectivity index (χ1v) is 8.65. The van der Waals surface area contributed by atoms with Crippen molar-refractivity contribution in [2.75, 3.05) is 0 Å². The van der Waals surface area contributed by atoms with Crippen LogP contribution in [0.2, 0.25) is 0 Å². The van der Waals surface area contributed by atoms with E-state index in [0.717, 1.165) is 21.8 Å². The number of aromatic amines is 1. The minimum atomic E-state index is 0.581. The van der Waals surface area contributed by atoms with Gasteiger partial charge in [0.05, 0.1) is 16.8 Å². The van der Waals surface area contributed by atoms with Gasteiger partial charge in [-0.1, -0.05) is 52.8 Å². The molecule has 0 amide bonds.